The van der Waals surface area contributed by atoms with E-state index in [-0.39, 0.29) is 5.91 Å². The molecule has 1 fully saturated rings. The molecule has 0 atom stereocenters. The molecule has 1 aliphatic carbocycles. The molecule has 4 rings (SSSR count). The van der Waals surface area contributed by atoms with Gasteiger partial charge in [-0.3, -0.25) is 4.79 Å². The summed E-state index contributed by atoms with van der Waals surface area (Å²) in [6.45, 7) is 0. The molecule has 0 aliphatic heterocycles. The molecular weight excluding hydrogens is 344 g/mol. The number of hydrogen-bond donors (Lipinski definition) is 1. The van der Waals surface area contributed by atoms with Crippen LogP contribution in [0.1, 0.15) is 29.9 Å². The van der Waals surface area contributed by atoms with Gasteiger partial charge in [-0.2, -0.15) is 0 Å². The van der Waals surface area contributed by atoms with Crippen molar-refractivity contribution in [3.8, 4) is 11.3 Å². The predicted molar refractivity (Wildman–Crippen MR) is 104 cm³/mol. The smallest absolute Gasteiger partial charge is 0.224 e. The van der Waals surface area contributed by atoms with E-state index in [1.807, 2.05) is 30.8 Å². The number of thioether (sulfide) groups is 1. The van der Waals surface area contributed by atoms with Gasteiger partial charge in [-0.25, -0.2) is 15.0 Å². The van der Waals surface area contributed by atoms with Crippen molar-refractivity contribution in [2.75, 3.05) is 13.3 Å². The van der Waals surface area contributed by atoms with Crippen LogP contribution in [0.4, 0.5) is 0 Å². The maximum absolute atomic E-state index is 11.7. The quantitative estimate of drug-likeness (QED) is 0.554. The molecular formula is C20H20N4OS. The molecule has 1 amide bonds. The highest BCUT2D eigenvalue weighted by Crippen LogP contribution is 2.44. The van der Waals surface area contributed by atoms with Crippen molar-refractivity contribution in [2.24, 2.45) is 0 Å². The minimum atomic E-state index is 0.0212. The first-order chi connectivity index (χ1) is 12.7. The predicted octanol–water partition coefficient (Wildman–Crippen LogP) is 3.58. The number of hydrogen-bond acceptors (Lipinski definition) is 5. The van der Waals surface area contributed by atoms with Gasteiger partial charge in [0.15, 0.2) is 5.16 Å². The van der Waals surface area contributed by atoms with E-state index in [9.17, 15) is 4.79 Å². The van der Waals surface area contributed by atoms with Gasteiger partial charge in [0.05, 0.1) is 17.6 Å². The van der Waals surface area contributed by atoms with E-state index in [0.717, 1.165) is 32.9 Å². The summed E-state index contributed by atoms with van der Waals surface area (Å²) in [7, 11) is 1.66. The Kier molecular flexibility index (Phi) is 4.59. The van der Waals surface area contributed by atoms with Crippen LogP contribution in [0.25, 0.3) is 22.2 Å². The normalized spacial score (nSPS) is 13.8. The molecule has 0 saturated heterocycles. The van der Waals surface area contributed by atoms with Crippen molar-refractivity contribution in [3.05, 3.63) is 47.8 Å². The Bertz CT molecular complexity index is 967. The Morgan fingerprint density at radius 3 is 2.65 bits per heavy atom. The van der Waals surface area contributed by atoms with E-state index >= 15 is 0 Å². The minimum absolute atomic E-state index is 0.0212. The number of benzene rings is 1. The highest BCUT2D eigenvalue weighted by Gasteiger charge is 2.26. The summed E-state index contributed by atoms with van der Waals surface area (Å²) in [5, 5.41) is 4.59. The Balaban J connectivity index is 1.79. The lowest BCUT2D eigenvalue weighted by molar-refractivity contribution is -0.119. The molecule has 6 heteroatoms. The monoisotopic (exact) mass is 364 g/mol. The molecule has 3 aromatic rings. The summed E-state index contributed by atoms with van der Waals surface area (Å²) >= 11 is 1.53. The molecule has 1 aliphatic rings. The molecule has 0 unspecified atom stereocenters. The summed E-state index contributed by atoms with van der Waals surface area (Å²) in [6, 6.07) is 8.28. The third kappa shape index (κ3) is 3.42. The van der Waals surface area contributed by atoms with Crippen molar-refractivity contribution in [1.29, 1.82) is 0 Å². The Morgan fingerprint density at radius 1 is 1.23 bits per heavy atom. The highest BCUT2D eigenvalue weighted by molar-refractivity contribution is 7.98. The lowest BCUT2D eigenvalue weighted by Crippen LogP contribution is -2.19. The Labute approximate surface area is 156 Å². The van der Waals surface area contributed by atoms with Crippen molar-refractivity contribution in [3.63, 3.8) is 0 Å². The zero-order chi connectivity index (χ0) is 18.1. The van der Waals surface area contributed by atoms with Crippen LogP contribution in [-0.4, -0.2) is 34.2 Å². The fourth-order valence-electron chi connectivity index (χ4n) is 3.12. The van der Waals surface area contributed by atoms with Crippen molar-refractivity contribution in [2.45, 2.75) is 30.3 Å². The van der Waals surface area contributed by atoms with E-state index in [1.165, 1.54) is 30.2 Å². The standard InChI is InChI=1S/C20H20N4OS/c1-21-19(25)8-12-3-6-17-16(7-12)15(13-4-5-13)9-18(24-17)14-10-22-20(26-2)23-11-14/h3,6-7,9-11,13H,4-5,8H2,1-2H3,(H,21,25). The molecule has 0 bridgehead atoms. The molecule has 5 nitrogen and oxygen atoms in total. The van der Waals surface area contributed by atoms with Crippen molar-refractivity contribution in [1.82, 2.24) is 20.3 Å². The van der Waals surface area contributed by atoms with Gasteiger partial charge in [-0.05, 0) is 54.3 Å². The van der Waals surface area contributed by atoms with E-state index in [1.54, 1.807) is 7.05 Å². The van der Waals surface area contributed by atoms with Gasteiger partial charge < -0.3 is 5.32 Å². The fraction of sp³-hybridized carbons (Fsp3) is 0.300. The first kappa shape index (κ1) is 17.0. The number of carbonyl (C=O) groups is 1. The van der Waals surface area contributed by atoms with Gasteiger partial charge >= 0.3 is 0 Å². The lowest BCUT2D eigenvalue weighted by atomic mass is 9.99. The van der Waals surface area contributed by atoms with Crippen molar-refractivity contribution < 1.29 is 4.79 Å². The van der Waals surface area contributed by atoms with Gasteiger partial charge in [0.2, 0.25) is 5.91 Å². The van der Waals surface area contributed by atoms with E-state index in [4.69, 9.17) is 4.98 Å². The average molecular weight is 364 g/mol. The molecule has 0 spiro atoms. The second kappa shape index (κ2) is 7.03. The maximum atomic E-state index is 11.7. The van der Waals surface area contributed by atoms with E-state index in [2.05, 4.69) is 27.4 Å². The number of fused-ring (bicyclic) bond motifs is 1. The lowest BCUT2D eigenvalue weighted by Gasteiger charge is -2.11. The molecule has 2 aromatic heterocycles. The first-order valence-corrected chi connectivity index (χ1v) is 9.91. The van der Waals surface area contributed by atoms with Crippen LogP contribution in [0.2, 0.25) is 0 Å². The Hall–Kier alpha value is -2.47. The van der Waals surface area contributed by atoms with Crippen LogP contribution >= 0.6 is 11.8 Å². The third-order valence-corrected chi connectivity index (χ3v) is 5.25. The summed E-state index contributed by atoms with van der Waals surface area (Å²) in [4.78, 5) is 25.3. The van der Waals surface area contributed by atoms with E-state index < -0.39 is 0 Å². The molecule has 26 heavy (non-hydrogen) atoms. The van der Waals surface area contributed by atoms with Crippen molar-refractivity contribution >= 4 is 28.6 Å². The topological polar surface area (TPSA) is 67.8 Å². The first-order valence-electron chi connectivity index (χ1n) is 8.68. The molecule has 132 valence electrons. The fourth-order valence-corrected chi connectivity index (χ4v) is 3.43. The number of pyridine rings is 1. The second-order valence-corrected chi connectivity index (χ2v) is 7.30. The molecule has 1 N–H and O–H groups in total. The number of rotatable bonds is 5. The van der Waals surface area contributed by atoms with Crippen LogP contribution in [0.5, 0.6) is 0 Å². The minimum Gasteiger partial charge on any atom is -0.359 e. The van der Waals surface area contributed by atoms with Crippen LogP contribution in [0.3, 0.4) is 0 Å². The average Bonchev–Trinajstić information content (AvgIpc) is 3.52. The van der Waals surface area contributed by atoms with Gasteiger partial charge in [-0.1, -0.05) is 17.8 Å². The Morgan fingerprint density at radius 2 is 2.00 bits per heavy atom. The number of likely N-dealkylation sites (N-methyl/N-ethyl adjacent to an activating group) is 1. The largest absolute Gasteiger partial charge is 0.359 e. The molecule has 1 aromatic carbocycles. The maximum Gasteiger partial charge on any atom is 0.224 e. The van der Waals surface area contributed by atoms with E-state index in [0.29, 0.717) is 12.3 Å². The zero-order valence-corrected chi connectivity index (χ0v) is 15.6. The summed E-state index contributed by atoms with van der Waals surface area (Å²) < 4.78 is 0. The van der Waals surface area contributed by atoms with Gasteiger partial charge in [0.1, 0.15) is 0 Å². The van der Waals surface area contributed by atoms with Gasteiger partial charge in [0, 0.05) is 30.4 Å². The number of carbonyl (C=O) groups excluding carboxylic acids is 1. The zero-order valence-electron chi connectivity index (χ0n) is 14.8. The number of nitrogens with zero attached hydrogens (tertiary/aromatic N) is 3. The van der Waals surface area contributed by atoms with Gasteiger partial charge in [-0.15, -0.1) is 0 Å². The summed E-state index contributed by atoms with van der Waals surface area (Å²) in [5.41, 5.74) is 5.13. The highest BCUT2D eigenvalue weighted by atomic mass is 32.2. The number of aromatic nitrogens is 3. The molecule has 2 heterocycles. The summed E-state index contributed by atoms with van der Waals surface area (Å²) in [6.07, 6.45) is 8.45. The third-order valence-electron chi connectivity index (χ3n) is 4.67. The molecule has 0 radical (unpaired) electrons. The summed E-state index contributed by atoms with van der Waals surface area (Å²) in [5.74, 6) is 0.605. The van der Waals surface area contributed by atoms with Crippen LogP contribution in [0, 0.1) is 0 Å². The van der Waals surface area contributed by atoms with Gasteiger partial charge in [0.25, 0.3) is 0 Å². The van der Waals surface area contributed by atoms with Crippen LogP contribution in [-0.2, 0) is 11.2 Å². The SMILES string of the molecule is CNC(=O)Cc1ccc2nc(-c3cnc(SC)nc3)cc(C3CC3)c2c1. The molecule has 1 saturated carbocycles. The van der Waals surface area contributed by atoms with Crippen LogP contribution in [0.15, 0.2) is 41.8 Å². The number of amides is 1. The van der Waals surface area contributed by atoms with Crippen LogP contribution < -0.4 is 5.32 Å². The second-order valence-electron chi connectivity index (χ2n) is 6.53. The number of nitrogens with one attached hydrogen (secondary N) is 1.